The Morgan fingerprint density at radius 3 is 2.67 bits per heavy atom. The first-order chi connectivity index (χ1) is 9.81. The second kappa shape index (κ2) is 5.78. The number of carboxylic acids is 1. The molecule has 0 atom stereocenters. The van der Waals surface area contributed by atoms with Crippen LogP contribution in [0.3, 0.4) is 0 Å². The van der Waals surface area contributed by atoms with E-state index in [-0.39, 0.29) is 20.6 Å². The molecule has 0 saturated carbocycles. The SMILES string of the molecule is O=C(O)c1ccncc1NS(=O)(=O)c1ccc(F)cc1Br. The Labute approximate surface area is 127 Å². The minimum absolute atomic E-state index is 0.0239. The van der Waals surface area contributed by atoms with Crippen LogP contribution in [0.2, 0.25) is 0 Å². The van der Waals surface area contributed by atoms with Crippen LogP contribution in [0.15, 0.2) is 46.0 Å². The van der Waals surface area contributed by atoms with E-state index in [1.807, 2.05) is 0 Å². The zero-order valence-electron chi connectivity index (χ0n) is 10.2. The van der Waals surface area contributed by atoms with Gasteiger partial charge < -0.3 is 5.11 Å². The third kappa shape index (κ3) is 3.37. The summed E-state index contributed by atoms with van der Waals surface area (Å²) in [5, 5.41) is 9.00. The number of anilines is 1. The van der Waals surface area contributed by atoms with Crippen LogP contribution in [-0.2, 0) is 10.0 Å². The summed E-state index contributed by atoms with van der Waals surface area (Å²) in [5.74, 6) is -1.90. The van der Waals surface area contributed by atoms with Crippen molar-refractivity contribution in [2.75, 3.05) is 4.72 Å². The number of aromatic carboxylic acids is 1. The number of pyridine rings is 1. The maximum absolute atomic E-state index is 13.0. The van der Waals surface area contributed by atoms with Crippen LogP contribution in [0.4, 0.5) is 10.1 Å². The van der Waals surface area contributed by atoms with Crippen molar-refractivity contribution in [2.45, 2.75) is 4.90 Å². The van der Waals surface area contributed by atoms with Crippen molar-refractivity contribution < 1.29 is 22.7 Å². The molecule has 0 spiro atoms. The fourth-order valence-electron chi connectivity index (χ4n) is 1.56. The Kier molecular flexibility index (Phi) is 4.24. The number of hydrogen-bond donors (Lipinski definition) is 2. The van der Waals surface area contributed by atoms with E-state index >= 15 is 0 Å². The third-order valence-electron chi connectivity index (χ3n) is 2.48. The van der Waals surface area contributed by atoms with Gasteiger partial charge in [-0.15, -0.1) is 0 Å². The molecular weight excluding hydrogens is 367 g/mol. The number of carbonyl (C=O) groups is 1. The molecule has 0 saturated heterocycles. The molecule has 1 aromatic carbocycles. The molecule has 2 aromatic rings. The molecule has 0 unspecified atom stereocenters. The van der Waals surface area contributed by atoms with Crippen molar-refractivity contribution in [1.82, 2.24) is 4.98 Å². The molecule has 9 heteroatoms. The topological polar surface area (TPSA) is 96.4 Å². The lowest BCUT2D eigenvalue weighted by atomic mass is 10.2. The Morgan fingerprint density at radius 2 is 2.05 bits per heavy atom. The van der Waals surface area contributed by atoms with Crippen LogP contribution in [-0.4, -0.2) is 24.5 Å². The van der Waals surface area contributed by atoms with Gasteiger partial charge in [0.05, 0.1) is 17.4 Å². The smallest absolute Gasteiger partial charge is 0.337 e. The van der Waals surface area contributed by atoms with Crippen LogP contribution >= 0.6 is 15.9 Å². The van der Waals surface area contributed by atoms with Gasteiger partial charge in [0, 0.05) is 10.7 Å². The van der Waals surface area contributed by atoms with Crippen LogP contribution in [0.1, 0.15) is 10.4 Å². The minimum Gasteiger partial charge on any atom is -0.478 e. The average molecular weight is 375 g/mol. The van der Waals surface area contributed by atoms with E-state index in [0.29, 0.717) is 0 Å². The number of halogens is 2. The molecule has 0 bridgehead atoms. The molecule has 0 aliphatic heterocycles. The van der Waals surface area contributed by atoms with Gasteiger partial charge in [0.2, 0.25) is 0 Å². The normalized spacial score (nSPS) is 11.1. The number of rotatable bonds is 4. The summed E-state index contributed by atoms with van der Waals surface area (Å²) in [6.07, 6.45) is 2.31. The predicted octanol–water partition coefficient (Wildman–Crippen LogP) is 2.48. The van der Waals surface area contributed by atoms with Gasteiger partial charge in [-0.05, 0) is 40.2 Å². The van der Waals surface area contributed by atoms with E-state index in [1.54, 1.807) is 0 Å². The van der Waals surface area contributed by atoms with Crippen molar-refractivity contribution in [2.24, 2.45) is 0 Å². The highest BCUT2D eigenvalue weighted by atomic mass is 79.9. The first-order valence-electron chi connectivity index (χ1n) is 5.46. The van der Waals surface area contributed by atoms with Gasteiger partial charge in [0.15, 0.2) is 0 Å². The molecular formula is C12H8BrFN2O4S. The van der Waals surface area contributed by atoms with Gasteiger partial charge in [-0.25, -0.2) is 17.6 Å². The van der Waals surface area contributed by atoms with Gasteiger partial charge in [0.25, 0.3) is 10.0 Å². The Morgan fingerprint density at radius 1 is 1.33 bits per heavy atom. The second-order valence-corrected chi connectivity index (χ2v) is 6.41. The number of benzene rings is 1. The zero-order valence-corrected chi connectivity index (χ0v) is 12.6. The monoisotopic (exact) mass is 374 g/mol. The summed E-state index contributed by atoms with van der Waals surface area (Å²) >= 11 is 2.95. The number of sulfonamides is 1. The third-order valence-corrected chi connectivity index (χ3v) is 4.82. The standard InChI is InChI=1S/C12H8BrFN2O4S/c13-9-5-7(14)1-2-11(9)21(19,20)16-10-6-15-4-3-8(10)12(17)18/h1-6,16H,(H,17,18). The molecule has 0 radical (unpaired) electrons. The highest BCUT2D eigenvalue weighted by molar-refractivity contribution is 9.10. The molecule has 2 N–H and O–H groups in total. The molecule has 0 amide bonds. The van der Waals surface area contributed by atoms with E-state index in [0.717, 1.165) is 24.4 Å². The quantitative estimate of drug-likeness (QED) is 0.856. The summed E-state index contributed by atoms with van der Waals surface area (Å²) in [6.45, 7) is 0. The molecule has 0 fully saturated rings. The number of nitrogens with one attached hydrogen (secondary N) is 1. The molecule has 1 aromatic heterocycles. The summed E-state index contributed by atoms with van der Waals surface area (Å²) in [7, 11) is -4.08. The van der Waals surface area contributed by atoms with Crippen molar-refractivity contribution in [1.29, 1.82) is 0 Å². The lowest BCUT2D eigenvalue weighted by molar-refractivity contribution is 0.0698. The van der Waals surface area contributed by atoms with Crippen LogP contribution in [0.25, 0.3) is 0 Å². The van der Waals surface area contributed by atoms with Crippen LogP contribution in [0, 0.1) is 5.82 Å². The summed E-state index contributed by atoms with van der Waals surface area (Å²) in [6, 6.07) is 4.22. The molecule has 2 rings (SSSR count). The van der Waals surface area contributed by atoms with E-state index in [2.05, 4.69) is 25.6 Å². The predicted molar refractivity (Wildman–Crippen MR) is 76.1 cm³/mol. The molecule has 0 aliphatic rings. The van der Waals surface area contributed by atoms with Crippen molar-refractivity contribution in [3.63, 3.8) is 0 Å². The lowest BCUT2D eigenvalue weighted by Gasteiger charge is -2.11. The molecule has 110 valence electrons. The van der Waals surface area contributed by atoms with E-state index < -0.39 is 21.8 Å². The van der Waals surface area contributed by atoms with E-state index in [9.17, 15) is 17.6 Å². The van der Waals surface area contributed by atoms with Gasteiger partial charge in [-0.2, -0.15) is 0 Å². The number of nitrogens with zero attached hydrogens (tertiary/aromatic N) is 1. The average Bonchev–Trinajstić information content (AvgIpc) is 2.37. The highest BCUT2D eigenvalue weighted by Crippen LogP contribution is 2.26. The van der Waals surface area contributed by atoms with E-state index in [4.69, 9.17) is 5.11 Å². The maximum Gasteiger partial charge on any atom is 0.337 e. The summed E-state index contributed by atoms with van der Waals surface area (Å²) in [4.78, 5) is 14.5. The molecule has 1 heterocycles. The van der Waals surface area contributed by atoms with Gasteiger partial charge in [0.1, 0.15) is 10.7 Å². The fraction of sp³-hybridized carbons (Fsp3) is 0. The molecule has 21 heavy (non-hydrogen) atoms. The first kappa shape index (κ1) is 15.4. The second-order valence-electron chi connectivity index (χ2n) is 3.91. The number of carboxylic acid groups (broad SMARTS) is 1. The summed E-state index contributed by atoms with van der Waals surface area (Å²) in [5.41, 5.74) is -0.423. The van der Waals surface area contributed by atoms with E-state index in [1.165, 1.54) is 12.3 Å². The maximum atomic E-state index is 13.0. The molecule has 6 nitrogen and oxygen atoms in total. The van der Waals surface area contributed by atoms with Crippen molar-refractivity contribution in [3.8, 4) is 0 Å². The lowest BCUT2D eigenvalue weighted by Crippen LogP contribution is -2.16. The molecule has 0 aliphatic carbocycles. The Bertz CT molecular complexity index is 811. The Hall–Kier alpha value is -2.00. The van der Waals surface area contributed by atoms with Gasteiger partial charge >= 0.3 is 5.97 Å². The minimum atomic E-state index is -4.08. The first-order valence-corrected chi connectivity index (χ1v) is 7.74. The van der Waals surface area contributed by atoms with Crippen molar-refractivity contribution in [3.05, 3.63) is 52.5 Å². The largest absolute Gasteiger partial charge is 0.478 e. The number of aromatic nitrogens is 1. The Balaban J connectivity index is 2.45. The van der Waals surface area contributed by atoms with Crippen LogP contribution in [0.5, 0.6) is 0 Å². The fourth-order valence-corrected chi connectivity index (χ4v) is 3.67. The highest BCUT2D eigenvalue weighted by Gasteiger charge is 2.21. The van der Waals surface area contributed by atoms with Crippen LogP contribution < -0.4 is 4.72 Å². The van der Waals surface area contributed by atoms with Gasteiger partial charge in [-0.3, -0.25) is 9.71 Å². The van der Waals surface area contributed by atoms with Gasteiger partial charge in [-0.1, -0.05) is 0 Å². The number of hydrogen-bond acceptors (Lipinski definition) is 4. The zero-order chi connectivity index (χ0) is 15.6. The van der Waals surface area contributed by atoms with Crippen molar-refractivity contribution >= 4 is 37.6 Å². The summed E-state index contributed by atoms with van der Waals surface area (Å²) < 4.78 is 39.6.